The van der Waals surface area contributed by atoms with Crippen LogP contribution < -0.4 is 11.1 Å². The number of carbonyl (C=O) groups is 1. The zero-order chi connectivity index (χ0) is 22.8. The molecule has 0 spiro atoms. The summed E-state index contributed by atoms with van der Waals surface area (Å²) in [6, 6.07) is 10.9. The summed E-state index contributed by atoms with van der Waals surface area (Å²) < 4.78 is 6.78. The number of oxazole rings is 1. The van der Waals surface area contributed by atoms with Gasteiger partial charge in [0.25, 0.3) is 0 Å². The summed E-state index contributed by atoms with van der Waals surface area (Å²) in [7, 11) is 0. The van der Waals surface area contributed by atoms with E-state index in [-0.39, 0.29) is 24.9 Å². The van der Waals surface area contributed by atoms with Crippen LogP contribution in [0.5, 0.6) is 0 Å². The zero-order valence-electron chi connectivity index (χ0n) is 18.3. The Morgan fingerprint density at radius 3 is 2.97 bits per heavy atom. The predicted molar refractivity (Wildman–Crippen MR) is 123 cm³/mol. The molecule has 1 aliphatic rings. The van der Waals surface area contributed by atoms with Gasteiger partial charge in [-0.3, -0.25) is 14.3 Å². The molecule has 0 radical (unpaired) electrons. The van der Waals surface area contributed by atoms with E-state index in [1.807, 2.05) is 42.2 Å². The van der Waals surface area contributed by atoms with Gasteiger partial charge in [0.1, 0.15) is 11.6 Å². The molecule has 5 rings (SSSR count). The molecular weight excluding hydrogens is 420 g/mol. The Morgan fingerprint density at radius 1 is 1.21 bits per heavy atom. The molecule has 1 saturated heterocycles. The van der Waals surface area contributed by atoms with Crippen molar-refractivity contribution in [3.63, 3.8) is 0 Å². The first-order chi connectivity index (χ1) is 16.1. The van der Waals surface area contributed by atoms with Gasteiger partial charge in [-0.15, -0.1) is 0 Å². The van der Waals surface area contributed by atoms with Crippen molar-refractivity contribution in [2.45, 2.75) is 38.8 Å². The van der Waals surface area contributed by atoms with E-state index in [1.165, 1.54) is 4.57 Å². The molecule has 0 aliphatic carbocycles. The molecule has 0 saturated carbocycles. The Bertz CT molecular complexity index is 1360. The van der Waals surface area contributed by atoms with Crippen molar-refractivity contribution in [2.24, 2.45) is 0 Å². The monoisotopic (exact) mass is 444 g/mol. The van der Waals surface area contributed by atoms with E-state index < -0.39 is 5.76 Å². The smallest absolute Gasteiger partial charge is 0.408 e. The van der Waals surface area contributed by atoms with Gasteiger partial charge in [-0.1, -0.05) is 18.2 Å². The Kier molecular flexibility index (Phi) is 5.60. The topological polar surface area (TPSA) is 106 Å². The maximum atomic E-state index is 13.1. The zero-order valence-corrected chi connectivity index (χ0v) is 18.3. The van der Waals surface area contributed by atoms with Gasteiger partial charge in [-0.2, -0.15) is 0 Å². The molecule has 33 heavy (non-hydrogen) atoms. The summed E-state index contributed by atoms with van der Waals surface area (Å²) in [5, 5.41) is 3.21. The van der Waals surface area contributed by atoms with E-state index in [0.717, 1.165) is 29.9 Å². The van der Waals surface area contributed by atoms with Crippen LogP contribution >= 0.6 is 0 Å². The number of para-hydroxylation sites is 2. The number of hydrogen-bond donors (Lipinski definition) is 1. The number of pyridine rings is 1. The highest BCUT2D eigenvalue weighted by Gasteiger charge is 2.31. The number of nitrogens with one attached hydrogen (secondary N) is 1. The van der Waals surface area contributed by atoms with Crippen LogP contribution in [0.4, 0.5) is 11.6 Å². The van der Waals surface area contributed by atoms with Gasteiger partial charge in [0, 0.05) is 25.7 Å². The first-order valence-electron chi connectivity index (χ1n) is 11.0. The summed E-state index contributed by atoms with van der Waals surface area (Å²) >= 11 is 0. The van der Waals surface area contributed by atoms with Gasteiger partial charge < -0.3 is 14.6 Å². The molecule has 1 atom stereocenters. The number of amides is 1. The number of hydrogen-bond acceptors (Lipinski definition) is 7. The lowest BCUT2D eigenvalue weighted by Crippen LogP contribution is -2.32. The number of likely N-dealkylation sites (tertiary alicyclic amines) is 1. The predicted octanol–water partition coefficient (Wildman–Crippen LogP) is 3.59. The van der Waals surface area contributed by atoms with Crippen molar-refractivity contribution in [1.29, 1.82) is 0 Å². The van der Waals surface area contributed by atoms with Crippen molar-refractivity contribution in [3.05, 3.63) is 76.8 Å². The highest BCUT2D eigenvalue weighted by atomic mass is 16.4. The van der Waals surface area contributed by atoms with Gasteiger partial charge in [0.05, 0.1) is 29.6 Å². The lowest BCUT2D eigenvalue weighted by Gasteiger charge is -2.24. The SMILES string of the molecule is Cc1cccnc1Nc1cncc([C@@H]2CCCN2C(=O)CCn2c(=O)oc3ccccc32)n1. The van der Waals surface area contributed by atoms with Gasteiger partial charge in [0.2, 0.25) is 5.91 Å². The fourth-order valence-electron chi connectivity index (χ4n) is 4.29. The third-order valence-corrected chi connectivity index (χ3v) is 5.95. The maximum absolute atomic E-state index is 13.1. The number of anilines is 2. The number of carbonyl (C=O) groups excluding carboxylic acids is 1. The minimum atomic E-state index is -0.448. The second-order valence-corrected chi connectivity index (χ2v) is 8.11. The molecule has 9 heteroatoms. The van der Waals surface area contributed by atoms with Gasteiger partial charge in [-0.05, 0) is 43.5 Å². The fourth-order valence-corrected chi connectivity index (χ4v) is 4.29. The summed E-state index contributed by atoms with van der Waals surface area (Å²) in [6.07, 6.45) is 7.00. The van der Waals surface area contributed by atoms with Crippen molar-refractivity contribution in [3.8, 4) is 0 Å². The molecule has 1 amide bonds. The molecule has 0 bridgehead atoms. The second-order valence-electron chi connectivity index (χ2n) is 8.11. The van der Waals surface area contributed by atoms with Crippen LogP contribution in [0.3, 0.4) is 0 Å². The van der Waals surface area contributed by atoms with Crippen molar-refractivity contribution in [2.75, 3.05) is 11.9 Å². The molecule has 4 heterocycles. The molecule has 4 aromatic rings. The third kappa shape index (κ3) is 4.21. The summed E-state index contributed by atoms with van der Waals surface area (Å²) in [5.74, 6) is 0.845. The van der Waals surface area contributed by atoms with E-state index in [1.54, 1.807) is 24.7 Å². The number of fused-ring (bicyclic) bond motifs is 1. The molecule has 3 aromatic heterocycles. The van der Waals surface area contributed by atoms with Crippen LogP contribution in [-0.4, -0.2) is 36.9 Å². The minimum Gasteiger partial charge on any atom is -0.408 e. The molecule has 1 aromatic carbocycles. The van der Waals surface area contributed by atoms with E-state index >= 15 is 0 Å². The van der Waals surface area contributed by atoms with Gasteiger partial charge in [-0.25, -0.2) is 14.8 Å². The summed E-state index contributed by atoms with van der Waals surface area (Å²) in [5.41, 5.74) is 2.97. The molecule has 1 fully saturated rings. The highest BCUT2D eigenvalue weighted by molar-refractivity contribution is 5.77. The summed E-state index contributed by atoms with van der Waals surface area (Å²) in [4.78, 5) is 40.5. The van der Waals surface area contributed by atoms with Crippen molar-refractivity contribution in [1.82, 2.24) is 24.4 Å². The van der Waals surface area contributed by atoms with Crippen LogP contribution in [-0.2, 0) is 11.3 Å². The number of benzene rings is 1. The third-order valence-electron chi connectivity index (χ3n) is 5.95. The number of aryl methyl sites for hydroxylation is 2. The Balaban J connectivity index is 1.31. The maximum Gasteiger partial charge on any atom is 0.419 e. The lowest BCUT2D eigenvalue weighted by molar-refractivity contribution is -0.132. The normalized spacial score (nSPS) is 15.8. The Morgan fingerprint density at radius 2 is 2.09 bits per heavy atom. The largest absolute Gasteiger partial charge is 0.419 e. The molecule has 0 unspecified atom stereocenters. The Hall–Kier alpha value is -4.01. The Labute approximate surface area is 190 Å². The van der Waals surface area contributed by atoms with E-state index in [4.69, 9.17) is 9.40 Å². The molecule has 9 nitrogen and oxygen atoms in total. The fraction of sp³-hybridized carbons (Fsp3) is 0.292. The van der Waals surface area contributed by atoms with Gasteiger partial charge >= 0.3 is 5.76 Å². The minimum absolute atomic E-state index is 0.0181. The number of nitrogens with zero attached hydrogens (tertiary/aromatic N) is 5. The molecule has 1 N–H and O–H groups in total. The lowest BCUT2D eigenvalue weighted by atomic mass is 10.1. The first kappa shape index (κ1) is 20.9. The highest BCUT2D eigenvalue weighted by Crippen LogP contribution is 2.32. The quantitative estimate of drug-likeness (QED) is 0.484. The standard InChI is InChI=1S/C24H24N6O3/c1-16-6-4-11-26-23(16)28-21-15-25-14-17(27-21)18-8-5-12-29(18)22(31)10-13-30-19-7-2-3-9-20(19)33-24(30)32/h2-4,6-7,9,11,14-15,18H,5,8,10,12-13H2,1H3,(H,26,27,28)/t18-/m0/s1. The second kappa shape index (κ2) is 8.85. The van der Waals surface area contributed by atoms with Crippen molar-refractivity contribution < 1.29 is 9.21 Å². The van der Waals surface area contributed by atoms with Crippen LogP contribution in [0.25, 0.3) is 11.1 Å². The molecular formula is C24H24N6O3. The van der Waals surface area contributed by atoms with Crippen molar-refractivity contribution >= 4 is 28.6 Å². The number of aromatic nitrogens is 4. The summed E-state index contributed by atoms with van der Waals surface area (Å²) in [6.45, 7) is 2.89. The van der Waals surface area contributed by atoms with Crippen LogP contribution in [0, 0.1) is 6.92 Å². The number of rotatable bonds is 6. The average Bonchev–Trinajstić information content (AvgIpc) is 3.44. The van der Waals surface area contributed by atoms with Gasteiger partial charge in [0.15, 0.2) is 5.58 Å². The van der Waals surface area contributed by atoms with Crippen LogP contribution in [0.1, 0.15) is 36.6 Å². The first-order valence-corrected chi connectivity index (χ1v) is 11.0. The molecule has 168 valence electrons. The van der Waals surface area contributed by atoms with Crippen LogP contribution in [0.2, 0.25) is 0 Å². The van der Waals surface area contributed by atoms with E-state index in [9.17, 15) is 9.59 Å². The van der Waals surface area contributed by atoms with Crippen LogP contribution in [0.15, 0.2) is 64.2 Å². The average molecular weight is 444 g/mol. The van der Waals surface area contributed by atoms with E-state index in [0.29, 0.717) is 23.5 Å². The van der Waals surface area contributed by atoms with E-state index in [2.05, 4.69) is 15.3 Å². The molecule has 1 aliphatic heterocycles.